The summed E-state index contributed by atoms with van der Waals surface area (Å²) in [5.74, 6) is 1.78. The lowest BCUT2D eigenvalue weighted by Gasteiger charge is -2.17. The van der Waals surface area contributed by atoms with E-state index in [1.54, 1.807) is 0 Å². The van der Waals surface area contributed by atoms with Gasteiger partial charge in [-0.25, -0.2) is 15.0 Å². The second-order valence-electron chi connectivity index (χ2n) is 20.7. The lowest BCUT2D eigenvalue weighted by Crippen LogP contribution is -2.02. The van der Waals surface area contributed by atoms with Crippen molar-refractivity contribution < 1.29 is 0 Å². The summed E-state index contributed by atoms with van der Waals surface area (Å²) in [6, 6.07) is 96.3. The molecule has 7 heteroatoms. The second kappa shape index (κ2) is 17.5. The molecule has 0 saturated carbocycles. The molecule has 0 N–H and O–H groups in total. The van der Waals surface area contributed by atoms with E-state index < -0.39 is 0 Å². The van der Waals surface area contributed by atoms with Gasteiger partial charge in [-0.3, -0.25) is 0 Å². The first-order chi connectivity index (χ1) is 39.7. The Hall–Kier alpha value is -10.5. The molecule has 0 aliphatic heterocycles. The molecule has 0 amide bonds. The van der Waals surface area contributed by atoms with Crippen LogP contribution in [0.25, 0.3) is 159 Å². The largest absolute Gasteiger partial charge is 0.309 e. The van der Waals surface area contributed by atoms with Gasteiger partial charge in [0.25, 0.3) is 0 Å². The van der Waals surface area contributed by atoms with Gasteiger partial charge in [-0.15, -0.1) is 11.3 Å². The van der Waals surface area contributed by atoms with Crippen molar-refractivity contribution in [3.05, 3.63) is 267 Å². The monoisotopic (exact) mass is 1040 g/mol. The first kappa shape index (κ1) is 44.6. The average molecular weight is 1040 g/mol. The maximum atomic E-state index is 5.63. The van der Waals surface area contributed by atoms with Gasteiger partial charge in [0.05, 0.1) is 38.8 Å². The normalized spacial score (nSPS) is 12.0. The molecule has 0 spiro atoms. The second-order valence-corrected chi connectivity index (χ2v) is 21.8. The summed E-state index contributed by atoms with van der Waals surface area (Å²) in [7, 11) is 0. The van der Waals surface area contributed by atoms with E-state index in [-0.39, 0.29) is 0 Å². The zero-order valence-electron chi connectivity index (χ0n) is 43.0. The maximum Gasteiger partial charge on any atom is 0.164 e. The van der Waals surface area contributed by atoms with Crippen molar-refractivity contribution in [2.75, 3.05) is 0 Å². The van der Waals surface area contributed by atoms with Crippen molar-refractivity contribution in [3.63, 3.8) is 0 Å². The minimum atomic E-state index is 0.585. The van der Waals surface area contributed by atoms with E-state index in [4.69, 9.17) is 15.0 Å². The van der Waals surface area contributed by atoms with Crippen molar-refractivity contribution in [3.8, 4) is 62.4 Å². The van der Waals surface area contributed by atoms with E-state index in [9.17, 15) is 0 Å². The third-order valence-electron chi connectivity index (χ3n) is 16.3. The molecule has 372 valence electrons. The van der Waals surface area contributed by atoms with E-state index in [0.29, 0.717) is 17.5 Å². The zero-order chi connectivity index (χ0) is 52.4. The summed E-state index contributed by atoms with van der Waals surface area (Å²) < 4.78 is 9.68. The predicted octanol–water partition coefficient (Wildman–Crippen LogP) is 19.4. The quantitative estimate of drug-likeness (QED) is 0.160. The minimum absolute atomic E-state index is 0.585. The third-order valence-corrected chi connectivity index (χ3v) is 17.4. The molecule has 5 heterocycles. The Morgan fingerprint density at radius 1 is 0.263 bits per heavy atom. The summed E-state index contributed by atoms with van der Waals surface area (Å²) in [6.45, 7) is 0. The van der Waals surface area contributed by atoms with Crippen LogP contribution < -0.4 is 0 Å². The van der Waals surface area contributed by atoms with Gasteiger partial charge in [-0.05, 0) is 113 Å². The Labute approximate surface area is 463 Å². The molecule has 5 aromatic heterocycles. The molecule has 0 saturated heterocycles. The highest BCUT2D eigenvalue weighted by Gasteiger charge is 2.24. The SMILES string of the molecule is c1ccc(-n2c3ccccc3c3c(-c4nc(-c5ccc(-n6c7ccccc7c7cc8ccccc8cc76)c(-c6ccc7c(c6)sc6ccccc67)c5)nc(-c5cccc6c5c5ccccc5n6-c5ccccc5)n4)cccc32)cc1. The lowest BCUT2D eigenvalue weighted by molar-refractivity contribution is 1.08. The van der Waals surface area contributed by atoms with Crippen LogP contribution in [0.5, 0.6) is 0 Å². The Morgan fingerprint density at radius 3 is 1.39 bits per heavy atom. The Bertz CT molecular complexity index is 5200. The van der Waals surface area contributed by atoms with Crippen LogP contribution in [0, 0.1) is 0 Å². The number of hydrogen-bond donors (Lipinski definition) is 0. The Morgan fingerprint density at radius 2 is 0.750 bits per heavy atom. The van der Waals surface area contributed by atoms with Crippen LogP contribution in [0.15, 0.2) is 267 Å². The number of benzene rings is 12. The topological polar surface area (TPSA) is 53.5 Å². The van der Waals surface area contributed by atoms with E-state index in [2.05, 4.69) is 281 Å². The molecule has 0 radical (unpaired) electrons. The van der Waals surface area contributed by atoms with E-state index in [1.807, 2.05) is 11.3 Å². The van der Waals surface area contributed by atoms with Crippen LogP contribution in [-0.4, -0.2) is 28.7 Å². The number of nitrogens with zero attached hydrogens (tertiary/aromatic N) is 6. The number of aromatic nitrogens is 6. The standard InChI is InChI=1S/C73H44N6S/c1-3-21-49(22-4-1)77-61-32-14-10-27-54(61)69-56(29-17-34-64(69)77)72-74-71(75-73(76-72)57-30-18-35-65-70(57)55-28-11-15-33-62(55)78(65)50-23-5-2-6-24-50)48-38-40-63(58(42-48)47-37-39-53-52-26-12-16-36-67(52)80-68(53)44-47)79-60-31-13-9-25-51(60)59-41-45-19-7-8-20-46(45)43-66(59)79/h1-44H. The predicted molar refractivity (Wildman–Crippen MR) is 335 cm³/mol. The van der Waals surface area contributed by atoms with Gasteiger partial charge in [0.1, 0.15) is 0 Å². The molecule has 0 aliphatic carbocycles. The average Bonchev–Trinajstić information content (AvgIpc) is 4.46. The van der Waals surface area contributed by atoms with E-state index in [0.717, 1.165) is 99.5 Å². The van der Waals surface area contributed by atoms with Crippen LogP contribution in [0.1, 0.15) is 0 Å². The van der Waals surface area contributed by atoms with Gasteiger partial charge in [0.15, 0.2) is 17.5 Å². The minimum Gasteiger partial charge on any atom is -0.309 e. The van der Waals surface area contributed by atoms with Gasteiger partial charge in [0, 0.05) is 86.1 Å². The summed E-state index contributed by atoms with van der Waals surface area (Å²) >= 11 is 1.84. The molecular weight excluding hydrogens is 993 g/mol. The molecule has 0 aliphatic rings. The Balaban J connectivity index is 0.961. The molecular formula is C73H44N6S. The molecule has 17 rings (SSSR count). The summed E-state index contributed by atoms with van der Waals surface area (Å²) in [6.07, 6.45) is 0. The van der Waals surface area contributed by atoms with Gasteiger partial charge in [-0.1, -0.05) is 170 Å². The summed E-state index contributed by atoms with van der Waals surface area (Å²) in [5.41, 5.74) is 14.9. The van der Waals surface area contributed by atoms with Crippen LogP contribution in [-0.2, 0) is 0 Å². The zero-order valence-corrected chi connectivity index (χ0v) is 43.8. The Kier molecular flexibility index (Phi) is 9.78. The van der Waals surface area contributed by atoms with Crippen LogP contribution in [0.3, 0.4) is 0 Å². The summed E-state index contributed by atoms with van der Waals surface area (Å²) in [4.78, 5) is 16.9. The molecule has 17 aromatic rings. The third kappa shape index (κ3) is 6.74. The number of rotatable bonds is 7. The van der Waals surface area contributed by atoms with Crippen molar-refractivity contribution in [1.29, 1.82) is 0 Å². The first-order valence-corrected chi connectivity index (χ1v) is 27.9. The van der Waals surface area contributed by atoms with E-state index in [1.165, 1.54) is 41.7 Å². The fourth-order valence-electron chi connectivity index (χ4n) is 12.8. The fraction of sp³-hybridized carbons (Fsp3) is 0. The van der Waals surface area contributed by atoms with Gasteiger partial charge >= 0.3 is 0 Å². The van der Waals surface area contributed by atoms with Crippen LogP contribution in [0.2, 0.25) is 0 Å². The molecule has 80 heavy (non-hydrogen) atoms. The van der Waals surface area contributed by atoms with Crippen LogP contribution >= 0.6 is 11.3 Å². The highest BCUT2D eigenvalue weighted by atomic mass is 32.1. The molecule has 6 nitrogen and oxygen atoms in total. The number of fused-ring (bicyclic) bond motifs is 13. The van der Waals surface area contributed by atoms with Crippen molar-refractivity contribution in [1.82, 2.24) is 28.7 Å². The molecule has 0 unspecified atom stereocenters. The number of thiophene rings is 1. The lowest BCUT2D eigenvalue weighted by atomic mass is 9.98. The van der Waals surface area contributed by atoms with Crippen molar-refractivity contribution in [2.45, 2.75) is 0 Å². The van der Waals surface area contributed by atoms with Gasteiger partial charge in [0.2, 0.25) is 0 Å². The summed E-state index contributed by atoms with van der Waals surface area (Å²) in [5, 5.41) is 11.8. The first-order valence-electron chi connectivity index (χ1n) is 27.1. The highest BCUT2D eigenvalue weighted by molar-refractivity contribution is 7.25. The van der Waals surface area contributed by atoms with Crippen molar-refractivity contribution in [2.24, 2.45) is 0 Å². The van der Waals surface area contributed by atoms with Gasteiger partial charge in [-0.2, -0.15) is 0 Å². The van der Waals surface area contributed by atoms with Gasteiger partial charge < -0.3 is 13.7 Å². The van der Waals surface area contributed by atoms with Crippen molar-refractivity contribution >= 4 is 108 Å². The number of hydrogen-bond acceptors (Lipinski definition) is 4. The molecule has 0 fully saturated rings. The van der Waals surface area contributed by atoms with E-state index >= 15 is 0 Å². The van der Waals surface area contributed by atoms with Crippen LogP contribution in [0.4, 0.5) is 0 Å². The molecule has 12 aromatic carbocycles. The highest BCUT2D eigenvalue weighted by Crippen LogP contribution is 2.45. The molecule has 0 atom stereocenters. The smallest absolute Gasteiger partial charge is 0.164 e. The maximum absolute atomic E-state index is 5.63. The molecule has 0 bridgehead atoms. The fourth-order valence-corrected chi connectivity index (χ4v) is 13.9. The number of para-hydroxylation sites is 5.